The van der Waals surface area contributed by atoms with Gasteiger partial charge in [0.25, 0.3) is 0 Å². The second-order valence-electron chi connectivity index (χ2n) is 6.90. The van der Waals surface area contributed by atoms with Crippen LogP contribution in [0.1, 0.15) is 53.4 Å². The van der Waals surface area contributed by atoms with Crippen LogP contribution in [0.25, 0.3) is 0 Å². The molecular weight excluding hydrogens is 266 g/mol. The predicted molar refractivity (Wildman–Crippen MR) is 100 cm³/mol. The van der Waals surface area contributed by atoms with Gasteiger partial charge in [0.2, 0.25) is 0 Å². The molecule has 0 saturated heterocycles. The van der Waals surface area contributed by atoms with Gasteiger partial charge in [-0.2, -0.15) is 0 Å². The number of nitrogens with one attached hydrogen (secondary N) is 1. The van der Waals surface area contributed by atoms with E-state index in [2.05, 4.69) is 75.5 Å². The lowest BCUT2D eigenvalue weighted by Gasteiger charge is -2.24. The Balaban J connectivity index is 2.66. The van der Waals surface area contributed by atoms with Gasteiger partial charge in [0.05, 0.1) is 0 Å². The van der Waals surface area contributed by atoms with Crippen LogP contribution in [-0.2, 0) is 0 Å². The summed E-state index contributed by atoms with van der Waals surface area (Å²) in [5, 5.41) is 3.12. The molecule has 0 radical (unpaired) electrons. The van der Waals surface area contributed by atoms with Crippen molar-refractivity contribution in [2.24, 2.45) is 5.41 Å². The van der Waals surface area contributed by atoms with Crippen LogP contribution in [0, 0.1) is 5.41 Å². The van der Waals surface area contributed by atoms with Crippen molar-refractivity contribution in [1.82, 2.24) is 5.32 Å². The van der Waals surface area contributed by atoms with Gasteiger partial charge in [0, 0.05) is 6.54 Å². The lowest BCUT2D eigenvalue weighted by Crippen LogP contribution is -2.12. The molecule has 122 valence electrons. The predicted octanol–water partition coefficient (Wildman–Crippen LogP) is 5.74. The quantitative estimate of drug-likeness (QED) is 0.617. The second-order valence-corrected chi connectivity index (χ2v) is 6.90. The summed E-state index contributed by atoms with van der Waals surface area (Å²) >= 11 is 0. The number of rotatable bonds is 6. The molecule has 22 heavy (non-hydrogen) atoms. The molecule has 0 heterocycles. The topological polar surface area (TPSA) is 12.0 Å². The Morgan fingerprint density at radius 1 is 1.18 bits per heavy atom. The maximum Gasteiger partial charge on any atom is 0.0137 e. The van der Waals surface area contributed by atoms with Crippen molar-refractivity contribution in [1.29, 1.82) is 0 Å². The van der Waals surface area contributed by atoms with E-state index in [1.165, 1.54) is 42.4 Å². The van der Waals surface area contributed by atoms with E-state index in [0.29, 0.717) is 5.41 Å². The second kappa shape index (κ2) is 9.63. The molecule has 0 aromatic rings. The molecule has 1 aliphatic carbocycles. The Morgan fingerprint density at radius 2 is 1.95 bits per heavy atom. The molecule has 0 bridgehead atoms. The maximum atomic E-state index is 3.12. The molecule has 0 aromatic heterocycles. The fourth-order valence-corrected chi connectivity index (χ4v) is 2.64. The van der Waals surface area contributed by atoms with Gasteiger partial charge < -0.3 is 5.32 Å². The average molecular weight is 300 g/mol. The zero-order valence-electron chi connectivity index (χ0n) is 15.1. The van der Waals surface area contributed by atoms with Crippen LogP contribution < -0.4 is 5.32 Å². The molecule has 1 heteroatoms. The Morgan fingerprint density at radius 3 is 2.68 bits per heavy atom. The van der Waals surface area contributed by atoms with Gasteiger partial charge >= 0.3 is 0 Å². The van der Waals surface area contributed by atoms with Gasteiger partial charge in [-0.25, -0.2) is 0 Å². The van der Waals surface area contributed by atoms with Crippen molar-refractivity contribution in [3.63, 3.8) is 0 Å². The SMILES string of the molecule is CNC/C=C(C)/C=C/C=C(C)/C=C/C1=CCCCCC1(C)C. The van der Waals surface area contributed by atoms with Crippen molar-refractivity contribution in [3.05, 3.63) is 59.3 Å². The van der Waals surface area contributed by atoms with Crippen LogP contribution in [0.5, 0.6) is 0 Å². The third-order valence-electron chi connectivity index (χ3n) is 4.27. The molecule has 0 spiro atoms. The minimum Gasteiger partial charge on any atom is -0.316 e. The van der Waals surface area contributed by atoms with E-state index in [9.17, 15) is 0 Å². The lowest BCUT2D eigenvalue weighted by atomic mass is 9.80. The summed E-state index contributed by atoms with van der Waals surface area (Å²) in [6.07, 6.45) is 20.8. The molecular formula is C21H33N. The number of likely N-dealkylation sites (N-methyl/N-ethyl adjacent to an activating group) is 1. The number of hydrogen-bond acceptors (Lipinski definition) is 1. The minimum absolute atomic E-state index is 0.315. The maximum absolute atomic E-state index is 3.12. The highest BCUT2D eigenvalue weighted by atomic mass is 14.8. The Hall–Kier alpha value is -1.34. The monoisotopic (exact) mass is 299 g/mol. The normalized spacial score (nSPS) is 20.5. The fourth-order valence-electron chi connectivity index (χ4n) is 2.64. The highest BCUT2D eigenvalue weighted by Gasteiger charge is 2.22. The average Bonchev–Trinajstić information content (AvgIpc) is 2.63. The van der Waals surface area contributed by atoms with Gasteiger partial charge in [0.15, 0.2) is 0 Å². The highest BCUT2D eigenvalue weighted by molar-refractivity contribution is 5.33. The molecule has 0 saturated carbocycles. The largest absolute Gasteiger partial charge is 0.316 e. The first-order valence-corrected chi connectivity index (χ1v) is 8.51. The molecule has 1 rings (SSSR count). The van der Waals surface area contributed by atoms with Crippen LogP contribution in [0.4, 0.5) is 0 Å². The summed E-state index contributed by atoms with van der Waals surface area (Å²) in [5.74, 6) is 0. The summed E-state index contributed by atoms with van der Waals surface area (Å²) in [6, 6.07) is 0. The van der Waals surface area contributed by atoms with E-state index in [0.717, 1.165) is 6.54 Å². The third kappa shape index (κ3) is 7.09. The molecule has 0 fully saturated rings. The third-order valence-corrected chi connectivity index (χ3v) is 4.27. The van der Waals surface area contributed by atoms with Gasteiger partial charge in [-0.3, -0.25) is 0 Å². The first kappa shape index (κ1) is 18.7. The molecule has 1 nitrogen and oxygen atoms in total. The Bertz CT molecular complexity index is 484. The van der Waals surface area contributed by atoms with Crippen molar-refractivity contribution in [3.8, 4) is 0 Å². The smallest absolute Gasteiger partial charge is 0.0137 e. The standard InChI is InChI=1S/C21H33N/c1-18(10-9-11-19(2)15-17-22-5)13-14-20-12-7-6-8-16-21(20,3)4/h9-15,22H,6-8,16-17H2,1-5H3/b11-9+,14-13+,18-10+,19-15+. The summed E-state index contributed by atoms with van der Waals surface area (Å²) < 4.78 is 0. The van der Waals surface area contributed by atoms with E-state index in [-0.39, 0.29) is 0 Å². The molecule has 0 unspecified atom stereocenters. The van der Waals surface area contributed by atoms with Gasteiger partial charge in [-0.15, -0.1) is 0 Å². The van der Waals surface area contributed by atoms with E-state index < -0.39 is 0 Å². The highest BCUT2D eigenvalue weighted by Crippen LogP contribution is 2.36. The molecule has 0 aliphatic heterocycles. The molecule has 0 amide bonds. The summed E-state index contributed by atoms with van der Waals surface area (Å²) in [6.45, 7) is 9.94. The van der Waals surface area contributed by atoms with E-state index in [4.69, 9.17) is 0 Å². The molecule has 0 aromatic carbocycles. The summed E-state index contributed by atoms with van der Waals surface area (Å²) in [4.78, 5) is 0. The van der Waals surface area contributed by atoms with Gasteiger partial charge in [-0.1, -0.05) is 73.9 Å². The van der Waals surface area contributed by atoms with Crippen molar-refractivity contribution in [2.45, 2.75) is 53.4 Å². The van der Waals surface area contributed by atoms with Gasteiger partial charge in [0.1, 0.15) is 0 Å². The van der Waals surface area contributed by atoms with E-state index in [1.807, 2.05) is 7.05 Å². The number of hydrogen-bond donors (Lipinski definition) is 1. The van der Waals surface area contributed by atoms with Crippen LogP contribution in [-0.4, -0.2) is 13.6 Å². The lowest BCUT2D eigenvalue weighted by molar-refractivity contribution is 0.408. The summed E-state index contributed by atoms with van der Waals surface area (Å²) in [5.41, 5.74) is 4.38. The minimum atomic E-state index is 0.315. The van der Waals surface area contributed by atoms with E-state index >= 15 is 0 Å². The zero-order chi connectivity index (χ0) is 16.4. The molecule has 0 atom stereocenters. The van der Waals surface area contributed by atoms with Crippen LogP contribution >= 0.6 is 0 Å². The van der Waals surface area contributed by atoms with Crippen molar-refractivity contribution in [2.75, 3.05) is 13.6 Å². The Kier molecular flexibility index (Phi) is 8.19. The first-order chi connectivity index (χ1) is 10.5. The summed E-state index contributed by atoms with van der Waals surface area (Å²) in [7, 11) is 1.96. The van der Waals surface area contributed by atoms with Gasteiger partial charge in [-0.05, 0) is 51.1 Å². The van der Waals surface area contributed by atoms with E-state index in [1.54, 1.807) is 0 Å². The fraction of sp³-hybridized carbons (Fsp3) is 0.524. The van der Waals surface area contributed by atoms with Crippen LogP contribution in [0.15, 0.2) is 59.3 Å². The van der Waals surface area contributed by atoms with Crippen molar-refractivity contribution >= 4 is 0 Å². The van der Waals surface area contributed by atoms with Crippen molar-refractivity contribution < 1.29 is 0 Å². The first-order valence-electron chi connectivity index (χ1n) is 8.51. The Labute approximate surface area is 137 Å². The zero-order valence-corrected chi connectivity index (χ0v) is 15.1. The van der Waals surface area contributed by atoms with Crippen LogP contribution in [0.2, 0.25) is 0 Å². The number of allylic oxidation sites excluding steroid dienone is 9. The molecule has 1 N–H and O–H groups in total. The van der Waals surface area contributed by atoms with Crippen LogP contribution in [0.3, 0.4) is 0 Å². The molecule has 1 aliphatic rings.